The summed E-state index contributed by atoms with van der Waals surface area (Å²) in [5.41, 5.74) is -2.01. The van der Waals surface area contributed by atoms with Crippen molar-refractivity contribution < 1.29 is 43.2 Å². The molecule has 4 aliphatic rings. The lowest BCUT2D eigenvalue weighted by Gasteiger charge is -2.58. The van der Waals surface area contributed by atoms with Crippen LogP contribution in [-0.2, 0) is 38.1 Å². The van der Waals surface area contributed by atoms with E-state index in [0.29, 0.717) is 6.61 Å². The number of carbonyl (C=O) groups is 3. The molecule has 2 heterocycles. The number of aliphatic hydroxyl groups excluding tert-OH is 1. The molecule has 0 aromatic carbocycles. The molecule has 2 saturated heterocycles. The Hall–Kier alpha value is -1.97. The molecule has 3 fully saturated rings. The number of epoxide rings is 1. The molecule has 0 amide bonds. The van der Waals surface area contributed by atoms with Gasteiger partial charge in [0.1, 0.15) is 36.6 Å². The summed E-state index contributed by atoms with van der Waals surface area (Å²) in [6, 6.07) is 0. The second-order valence-corrected chi connectivity index (χ2v) is 10.0. The molecule has 32 heavy (non-hydrogen) atoms. The molecular weight excluding hydrogens is 420 g/mol. The predicted molar refractivity (Wildman–Crippen MR) is 109 cm³/mol. The van der Waals surface area contributed by atoms with E-state index in [-0.39, 0.29) is 24.9 Å². The van der Waals surface area contributed by atoms with Crippen molar-refractivity contribution in [3.63, 3.8) is 0 Å². The lowest BCUT2D eigenvalue weighted by atomic mass is 9.51. The third kappa shape index (κ3) is 3.04. The smallest absolute Gasteiger partial charge is 0.308 e. The highest BCUT2D eigenvalue weighted by molar-refractivity contribution is 5.72. The van der Waals surface area contributed by atoms with Crippen molar-refractivity contribution in [2.45, 2.75) is 84.1 Å². The molecule has 178 valence electrons. The Morgan fingerprint density at radius 1 is 1.22 bits per heavy atom. The third-order valence-electron chi connectivity index (χ3n) is 7.88. The van der Waals surface area contributed by atoms with Gasteiger partial charge in [-0.25, -0.2) is 0 Å². The van der Waals surface area contributed by atoms with Gasteiger partial charge in [-0.3, -0.25) is 14.4 Å². The van der Waals surface area contributed by atoms with E-state index in [2.05, 4.69) is 0 Å². The van der Waals surface area contributed by atoms with Crippen LogP contribution in [-0.4, -0.2) is 72.3 Å². The maximum absolute atomic E-state index is 12.4. The summed E-state index contributed by atoms with van der Waals surface area (Å²) in [7, 11) is 0. The Labute approximate surface area is 187 Å². The minimum absolute atomic E-state index is 0.0642. The molecule has 2 aliphatic heterocycles. The van der Waals surface area contributed by atoms with Crippen molar-refractivity contribution in [1.82, 2.24) is 0 Å². The topological polar surface area (TPSA) is 121 Å². The molecule has 1 spiro atoms. The third-order valence-corrected chi connectivity index (χ3v) is 7.88. The predicted octanol–water partition coefficient (Wildman–Crippen LogP) is 1.30. The lowest BCUT2D eigenvalue weighted by Crippen LogP contribution is -2.68. The van der Waals surface area contributed by atoms with Crippen LogP contribution >= 0.6 is 0 Å². The van der Waals surface area contributed by atoms with Gasteiger partial charge in [0.15, 0.2) is 0 Å². The molecule has 9 nitrogen and oxygen atoms in total. The normalized spacial score (nSPS) is 44.0. The monoisotopic (exact) mass is 452 g/mol. The van der Waals surface area contributed by atoms with Crippen molar-refractivity contribution in [1.29, 1.82) is 0 Å². The summed E-state index contributed by atoms with van der Waals surface area (Å²) >= 11 is 0. The maximum Gasteiger partial charge on any atom is 0.308 e. The molecule has 0 aromatic rings. The van der Waals surface area contributed by atoms with Gasteiger partial charge in [0.25, 0.3) is 0 Å². The van der Waals surface area contributed by atoms with Gasteiger partial charge in [-0.1, -0.05) is 26.8 Å². The average Bonchev–Trinajstić information content (AvgIpc) is 3.48. The largest absolute Gasteiger partial charge is 0.465 e. The van der Waals surface area contributed by atoms with Crippen LogP contribution in [0.1, 0.15) is 48.0 Å². The quantitative estimate of drug-likeness (QED) is 0.285. The Bertz CT molecular complexity index is 860. The van der Waals surface area contributed by atoms with Crippen LogP contribution in [0.4, 0.5) is 0 Å². The molecule has 1 N–H and O–H groups in total. The first-order chi connectivity index (χ1) is 14.9. The fourth-order valence-electron chi connectivity index (χ4n) is 6.00. The second-order valence-electron chi connectivity index (χ2n) is 10.0. The van der Waals surface area contributed by atoms with Crippen LogP contribution in [0.25, 0.3) is 0 Å². The zero-order valence-electron chi connectivity index (χ0n) is 19.4. The van der Waals surface area contributed by atoms with E-state index in [1.807, 2.05) is 19.9 Å². The SMILES string of the molecule is CC(=O)OC[C@@]12C[C@@H](OC(=O)C(C)C)C(C)=C[C@@H]1O[C@H]1[C@@H](O)[C@@H](OC(C)=O)[C@]2(C)C12CO2. The van der Waals surface area contributed by atoms with E-state index in [9.17, 15) is 19.5 Å². The highest BCUT2D eigenvalue weighted by atomic mass is 16.7. The number of hydrogen-bond donors (Lipinski definition) is 1. The number of esters is 3. The molecule has 0 aromatic heterocycles. The molecule has 2 bridgehead atoms. The highest BCUT2D eigenvalue weighted by Gasteiger charge is 2.86. The summed E-state index contributed by atoms with van der Waals surface area (Å²) in [6.45, 7) is 10.1. The molecule has 1 saturated carbocycles. The molecule has 9 heteroatoms. The first-order valence-corrected chi connectivity index (χ1v) is 11.1. The van der Waals surface area contributed by atoms with Gasteiger partial charge >= 0.3 is 17.9 Å². The van der Waals surface area contributed by atoms with E-state index >= 15 is 0 Å². The summed E-state index contributed by atoms with van der Waals surface area (Å²) in [6.07, 6.45) is -1.76. The first kappa shape index (κ1) is 23.2. The van der Waals surface area contributed by atoms with Crippen molar-refractivity contribution in [2.24, 2.45) is 16.7 Å². The van der Waals surface area contributed by atoms with Crippen LogP contribution in [0.2, 0.25) is 0 Å². The van der Waals surface area contributed by atoms with Crippen LogP contribution < -0.4 is 0 Å². The second kappa shape index (κ2) is 7.53. The Morgan fingerprint density at radius 2 is 1.88 bits per heavy atom. The van der Waals surface area contributed by atoms with Gasteiger partial charge < -0.3 is 28.8 Å². The Morgan fingerprint density at radius 3 is 2.41 bits per heavy atom. The fraction of sp³-hybridized carbons (Fsp3) is 0.783. The van der Waals surface area contributed by atoms with Gasteiger partial charge in [0.05, 0.1) is 29.5 Å². The van der Waals surface area contributed by atoms with E-state index in [1.54, 1.807) is 13.8 Å². The van der Waals surface area contributed by atoms with Crippen molar-refractivity contribution >= 4 is 17.9 Å². The highest BCUT2D eigenvalue weighted by Crippen LogP contribution is 2.72. The maximum atomic E-state index is 12.4. The zero-order chi connectivity index (χ0) is 23.6. The molecular formula is C23H32O9. The molecule has 2 aliphatic carbocycles. The molecule has 1 unspecified atom stereocenters. The summed E-state index contributed by atoms with van der Waals surface area (Å²) in [5, 5.41) is 11.1. The van der Waals surface area contributed by atoms with Gasteiger partial charge in [-0.15, -0.1) is 0 Å². The van der Waals surface area contributed by atoms with Gasteiger partial charge in [-0.05, 0) is 12.5 Å². The first-order valence-electron chi connectivity index (χ1n) is 11.1. The number of hydrogen-bond acceptors (Lipinski definition) is 9. The Kier molecular flexibility index (Phi) is 5.46. The van der Waals surface area contributed by atoms with E-state index in [4.69, 9.17) is 23.7 Å². The van der Waals surface area contributed by atoms with Crippen molar-refractivity contribution in [2.75, 3.05) is 13.2 Å². The molecule has 4 rings (SSSR count). The zero-order valence-corrected chi connectivity index (χ0v) is 19.4. The average molecular weight is 453 g/mol. The molecule has 0 radical (unpaired) electrons. The molecule has 8 atom stereocenters. The van der Waals surface area contributed by atoms with Crippen molar-refractivity contribution in [3.05, 3.63) is 11.6 Å². The number of aliphatic hydroxyl groups is 1. The summed E-state index contributed by atoms with van der Waals surface area (Å²) in [4.78, 5) is 36.3. The van der Waals surface area contributed by atoms with Crippen LogP contribution in [0.3, 0.4) is 0 Å². The Balaban J connectivity index is 1.83. The summed E-state index contributed by atoms with van der Waals surface area (Å²) in [5.74, 6) is -1.67. The lowest BCUT2D eigenvalue weighted by molar-refractivity contribution is -0.241. The minimum atomic E-state index is -1.11. The van der Waals surface area contributed by atoms with Crippen LogP contribution in [0.5, 0.6) is 0 Å². The van der Waals surface area contributed by atoms with Crippen LogP contribution in [0, 0.1) is 16.7 Å². The van der Waals surface area contributed by atoms with E-state index in [1.165, 1.54) is 13.8 Å². The van der Waals surface area contributed by atoms with Gasteiger partial charge in [0.2, 0.25) is 0 Å². The number of fused-ring (bicyclic) bond motifs is 2. The van der Waals surface area contributed by atoms with Crippen LogP contribution in [0.15, 0.2) is 11.6 Å². The summed E-state index contributed by atoms with van der Waals surface area (Å²) < 4.78 is 29.3. The van der Waals surface area contributed by atoms with E-state index in [0.717, 1.165) is 5.57 Å². The van der Waals surface area contributed by atoms with Crippen molar-refractivity contribution in [3.8, 4) is 0 Å². The number of ether oxygens (including phenoxy) is 5. The van der Waals surface area contributed by atoms with Gasteiger partial charge in [0, 0.05) is 20.3 Å². The number of rotatable bonds is 5. The fourth-order valence-corrected chi connectivity index (χ4v) is 6.00. The number of carbonyl (C=O) groups excluding carboxylic acids is 3. The van der Waals surface area contributed by atoms with Gasteiger partial charge in [-0.2, -0.15) is 0 Å². The minimum Gasteiger partial charge on any atom is -0.465 e. The standard InChI is InChI=1S/C23H32O9/c1-11(2)20(27)31-15-8-22(9-28-13(4)24)16(7-12(15)3)32-19-17(26)18(30-14(5)25)21(22,6)23(19)10-29-23/h7,11,15-19,26H,8-10H2,1-6H3/t15-,16+,17+,18-,19+,21+,22+,23?/m1/s1. The van der Waals surface area contributed by atoms with E-state index < -0.39 is 58.9 Å².